The zero-order chi connectivity index (χ0) is 17.0. The van der Waals surface area contributed by atoms with Crippen molar-refractivity contribution in [3.05, 3.63) is 33.4 Å². The lowest BCUT2D eigenvalue weighted by Crippen LogP contribution is -2.40. The van der Waals surface area contributed by atoms with Crippen LogP contribution in [0, 0.1) is 29.9 Å². The van der Waals surface area contributed by atoms with Gasteiger partial charge in [-0.05, 0) is 51.0 Å². The quantitative estimate of drug-likeness (QED) is 0.586. The van der Waals surface area contributed by atoms with E-state index < -0.39 is 4.92 Å². The molecule has 1 aromatic carbocycles. The minimum absolute atomic E-state index is 0.00523. The molecule has 0 heterocycles. The fourth-order valence-corrected chi connectivity index (χ4v) is 3.05. The normalized spacial score (nSPS) is 20.8. The van der Waals surface area contributed by atoms with Gasteiger partial charge in [-0.1, -0.05) is 6.07 Å². The molecular formula is C16H23N3O4. The molecule has 1 saturated carbocycles. The number of carbonyl (C=O) groups excluding carboxylic acids is 1. The number of aliphatic hydroxyl groups excluding tert-OH is 1. The number of nitrogens with one attached hydrogen (secondary N) is 2. The number of rotatable bonds is 4. The molecule has 2 amide bonds. The van der Waals surface area contributed by atoms with Gasteiger partial charge >= 0.3 is 6.03 Å². The van der Waals surface area contributed by atoms with Crippen molar-refractivity contribution in [3.8, 4) is 0 Å². The van der Waals surface area contributed by atoms with E-state index in [2.05, 4.69) is 10.6 Å². The molecule has 126 valence electrons. The van der Waals surface area contributed by atoms with Crippen LogP contribution < -0.4 is 10.6 Å². The first kappa shape index (κ1) is 17.2. The molecule has 0 atom stereocenters. The van der Waals surface area contributed by atoms with Gasteiger partial charge in [-0.25, -0.2) is 4.79 Å². The van der Waals surface area contributed by atoms with Gasteiger partial charge in [0.1, 0.15) is 0 Å². The topological polar surface area (TPSA) is 105 Å². The molecule has 0 bridgehead atoms. The van der Waals surface area contributed by atoms with Crippen LogP contribution in [0.5, 0.6) is 0 Å². The number of anilines is 1. The Morgan fingerprint density at radius 1 is 1.30 bits per heavy atom. The molecule has 1 aromatic rings. The first-order chi connectivity index (χ1) is 10.9. The Morgan fingerprint density at radius 2 is 1.96 bits per heavy atom. The van der Waals surface area contributed by atoms with E-state index in [-0.39, 0.29) is 24.4 Å². The number of nitro groups is 1. The van der Waals surface area contributed by atoms with E-state index >= 15 is 0 Å². The highest BCUT2D eigenvalue weighted by Crippen LogP contribution is 2.29. The highest BCUT2D eigenvalue weighted by atomic mass is 16.6. The van der Waals surface area contributed by atoms with Crippen molar-refractivity contribution >= 4 is 17.4 Å². The average molecular weight is 321 g/mol. The van der Waals surface area contributed by atoms with Crippen LogP contribution >= 0.6 is 0 Å². The summed E-state index contributed by atoms with van der Waals surface area (Å²) >= 11 is 0. The number of aryl methyl sites for hydroxylation is 1. The monoisotopic (exact) mass is 321 g/mol. The van der Waals surface area contributed by atoms with Gasteiger partial charge in [-0.15, -0.1) is 0 Å². The molecule has 0 unspecified atom stereocenters. The second-order valence-corrected chi connectivity index (χ2v) is 6.16. The lowest BCUT2D eigenvalue weighted by atomic mass is 9.87. The second kappa shape index (κ2) is 7.41. The maximum atomic E-state index is 12.2. The van der Waals surface area contributed by atoms with E-state index in [1.807, 2.05) is 0 Å². The van der Waals surface area contributed by atoms with Crippen LogP contribution in [0.3, 0.4) is 0 Å². The first-order valence-corrected chi connectivity index (χ1v) is 7.85. The number of urea groups is 1. The molecule has 0 radical (unpaired) electrons. The first-order valence-electron chi connectivity index (χ1n) is 7.85. The number of nitro benzene ring substituents is 1. The minimum atomic E-state index is -0.450. The lowest BCUT2D eigenvalue weighted by molar-refractivity contribution is -0.385. The zero-order valence-corrected chi connectivity index (χ0v) is 13.5. The van der Waals surface area contributed by atoms with Crippen molar-refractivity contribution in [2.24, 2.45) is 5.92 Å². The second-order valence-electron chi connectivity index (χ2n) is 6.16. The van der Waals surface area contributed by atoms with Crippen molar-refractivity contribution in [1.29, 1.82) is 0 Å². The van der Waals surface area contributed by atoms with Gasteiger partial charge in [0.15, 0.2) is 0 Å². The smallest absolute Gasteiger partial charge is 0.319 e. The number of nitrogens with zero attached hydrogens (tertiary/aromatic N) is 1. The van der Waals surface area contributed by atoms with E-state index in [1.165, 1.54) is 6.07 Å². The number of amides is 2. The van der Waals surface area contributed by atoms with Gasteiger partial charge < -0.3 is 15.7 Å². The summed E-state index contributed by atoms with van der Waals surface area (Å²) in [6.07, 6.45) is 3.48. The molecular weight excluding hydrogens is 298 g/mol. The maximum absolute atomic E-state index is 12.2. The number of benzene rings is 1. The van der Waals surface area contributed by atoms with E-state index in [0.717, 1.165) is 31.2 Å². The van der Waals surface area contributed by atoms with Crippen LogP contribution in [0.1, 0.15) is 36.8 Å². The fourth-order valence-electron chi connectivity index (χ4n) is 3.05. The molecule has 1 fully saturated rings. The van der Waals surface area contributed by atoms with Crippen LogP contribution in [-0.4, -0.2) is 28.7 Å². The third kappa shape index (κ3) is 4.19. The van der Waals surface area contributed by atoms with Crippen molar-refractivity contribution in [2.75, 3.05) is 11.9 Å². The van der Waals surface area contributed by atoms with Gasteiger partial charge in [-0.3, -0.25) is 10.1 Å². The van der Waals surface area contributed by atoms with Crippen molar-refractivity contribution < 1.29 is 14.8 Å². The molecule has 0 spiro atoms. The highest BCUT2D eigenvalue weighted by molar-refractivity contribution is 5.92. The predicted molar refractivity (Wildman–Crippen MR) is 87.6 cm³/mol. The Balaban J connectivity index is 2.01. The molecule has 1 aliphatic rings. The Hall–Kier alpha value is -2.15. The predicted octanol–water partition coefficient (Wildman–Crippen LogP) is 2.88. The van der Waals surface area contributed by atoms with Gasteiger partial charge in [0.05, 0.1) is 16.2 Å². The average Bonchev–Trinajstić information content (AvgIpc) is 2.51. The van der Waals surface area contributed by atoms with Crippen molar-refractivity contribution in [1.82, 2.24) is 5.32 Å². The third-order valence-corrected chi connectivity index (χ3v) is 4.52. The number of hydrogen-bond acceptors (Lipinski definition) is 4. The SMILES string of the molecule is Cc1ccc([N+](=O)[O-])c(C)c1NC(=O)NC1CCC(CO)CC1. The Morgan fingerprint density at radius 3 is 2.52 bits per heavy atom. The van der Waals surface area contributed by atoms with Gasteiger partial charge in [0.25, 0.3) is 5.69 Å². The lowest BCUT2D eigenvalue weighted by Gasteiger charge is -2.28. The number of carbonyl (C=O) groups is 1. The summed E-state index contributed by atoms with van der Waals surface area (Å²) in [7, 11) is 0. The Labute approximate surface area is 135 Å². The van der Waals surface area contributed by atoms with Crippen molar-refractivity contribution in [2.45, 2.75) is 45.6 Å². The molecule has 2 rings (SSSR count). The number of hydrogen-bond donors (Lipinski definition) is 3. The Bertz CT molecular complexity index is 595. The molecule has 7 heteroatoms. The summed E-state index contributed by atoms with van der Waals surface area (Å²) in [4.78, 5) is 22.7. The van der Waals surface area contributed by atoms with Crippen LogP contribution in [0.15, 0.2) is 12.1 Å². The number of aliphatic hydroxyl groups is 1. The van der Waals surface area contributed by atoms with Gasteiger partial charge in [0.2, 0.25) is 0 Å². The van der Waals surface area contributed by atoms with Crippen LogP contribution in [0.4, 0.5) is 16.2 Å². The van der Waals surface area contributed by atoms with E-state index in [9.17, 15) is 14.9 Å². The summed E-state index contributed by atoms with van der Waals surface area (Å²) in [5, 5.41) is 25.8. The molecule has 3 N–H and O–H groups in total. The summed E-state index contributed by atoms with van der Waals surface area (Å²) in [6, 6.07) is 2.82. The molecule has 1 aliphatic carbocycles. The fraction of sp³-hybridized carbons (Fsp3) is 0.562. The molecule has 23 heavy (non-hydrogen) atoms. The molecule has 0 aromatic heterocycles. The molecule has 0 saturated heterocycles. The summed E-state index contributed by atoms with van der Waals surface area (Å²) in [6.45, 7) is 3.64. The van der Waals surface area contributed by atoms with Gasteiger partial charge in [0, 0.05) is 18.7 Å². The van der Waals surface area contributed by atoms with E-state index in [1.54, 1.807) is 19.9 Å². The standard InChI is InChI=1S/C16H23N3O4/c1-10-3-8-14(19(22)23)11(2)15(10)18-16(21)17-13-6-4-12(9-20)5-7-13/h3,8,12-13,20H,4-7,9H2,1-2H3,(H2,17,18,21). The van der Waals surface area contributed by atoms with E-state index in [4.69, 9.17) is 5.11 Å². The highest BCUT2D eigenvalue weighted by Gasteiger charge is 2.23. The molecule has 0 aliphatic heterocycles. The summed E-state index contributed by atoms with van der Waals surface area (Å²) in [5.74, 6) is 0.331. The summed E-state index contributed by atoms with van der Waals surface area (Å²) in [5.41, 5.74) is 1.72. The van der Waals surface area contributed by atoms with Crippen LogP contribution in [0.25, 0.3) is 0 Å². The molecule has 7 nitrogen and oxygen atoms in total. The van der Waals surface area contributed by atoms with Crippen LogP contribution in [0.2, 0.25) is 0 Å². The van der Waals surface area contributed by atoms with Crippen LogP contribution in [-0.2, 0) is 0 Å². The van der Waals surface area contributed by atoms with E-state index in [0.29, 0.717) is 17.2 Å². The largest absolute Gasteiger partial charge is 0.396 e. The minimum Gasteiger partial charge on any atom is -0.396 e. The zero-order valence-electron chi connectivity index (χ0n) is 13.5. The third-order valence-electron chi connectivity index (χ3n) is 4.52. The van der Waals surface area contributed by atoms with Gasteiger partial charge in [-0.2, -0.15) is 0 Å². The maximum Gasteiger partial charge on any atom is 0.319 e. The summed E-state index contributed by atoms with van der Waals surface area (Å²) < 4.78 is 0. The van der Waals surface area contributed by atoms with Crippen molar-refractivity contribution in [3.63, 3.8) is 0 Å². The Kier molecular flexibility index (Phi) is 5.54.